The molecule has 2 heterocycles. The van der Waals surface area contributed by atoms with Gasteiger partial charge in [0, 0.05) is 40.4 Å². The van der Waals surface area contributed by atoms with Crippen molar-refractivity contribution in [3.8, 4) is 0 Å². The van der Waals surface area contributed by atoms with Gasteiger partial charge in [0.2, 0.25) is 0 Å². The van der Waals surface area contributed by atoms with E-state index in [1.165, 1.54) is 23.4 Å². The molecule has 0 aliphatic heterocycles. The highest BCUT2D eigenvalue weighted by Crippen LogP contribution is 2.47. The number of alkyl halides is 3. The van der Waals surface area contributed by atoms with Crippen LogP contribution in [0.5, 0.6) is 0 Å². The molecule has 1 aliphatic rings. The van der Waals surface area contributed by atoms with Crippen LogP contribution < -0.4 is 0 Å². The number of tetrazole rings is 1. The Morgan fingerprint density at radius 1 is 1.11 bits per heavy atom. The number of hydrogen-bond donors (Lipinski definition) is 2. The van der Waals surface area contributed by atoms with Gasteiger partial charge in [-0.25, -0.2) is 0 Å². The molecule has 0 spiro atoms. The summed E-state index contributed by atoms with van der Waals surface area (Å²) in [6, 6.07) is 12.6. The average Bonchev–Trinajstić information content (AvgIpc) is 3.42. The highest BCUT2D eigenvalue weighted by atomic mass is 32.2. The molecule has 0 saturated heterocycles. The van der Waals surface area contributed by atoms with E-state index >= 15 is 0 Å². The molecule has 10 heteroatoms. The Kier molecular flexibility index (Phi) is 6.36. The summed E-state index contributed by atoms with van der Waals surface area (Å²) in [5, 5.41) is 26.8. The Hall–Kier alpha value is -2.85. The Bertz CT molecular complexity index is 1360. The fourth-order valence-corrected chi connectivity index (χ4v) is 6.01. The van der Waals surface area contributed by atoms with E-state index in [9.17, 15) is 18.3 Å². The number of benzene rings is 2. The predicted molar refractivity (Wildman–Crippen MR) is 133 cm³/mol. The molecule has 0 amide bonds. The van der Waals surface area contributed by atoms with Crippen LogP contribution in [0.1, 0.15) is 73.7 Å². The highest BCUT2D eigenvalue weighted by molar-refractivity contribution is 8.00. The molecule has 36 heavy (non-hydrogen) atoms. The van der Waals surface area contributed by atoms with Crippen LogP contribution in [0.25, 0.3) is 10.9 Å². The highest BCUT2D eigenvalue weighted by Gasteiger charge is 2.35. The Labute approximate surface area is 211 Å². The van der Waals surface area contributed by atoms with Crippen LogP contribution in [0.3, 0.4) is 0 Å². The number of para-hydroxylation sites is 1. The van der Waals surface area contributed by atoms with Gasteiger partial charge in [0.1, 0.15) is 0 Å². The lowest BCUT2D eigenvalue weighted by Gasteiger charge is -2.29. The van der Waals surface area contributed by atoms with Gasteiger partial charge in [-0.05, 0) is 67.6 Å². The van der Waals surface area contributed by atoms with Crippen molar-refractivity contribution in [1.82, 2.24) is 25.2 Å². The van der Waals surface area contributed by atoms with E-state index in [-0.39, 0.29) is 22.6 Å². The number of nitrogens with zero attached hydrogens (tertiary/aromatic N) is 4. The third kappa shape index (κ3) is 4.88. The molecular formula is C26H28F3N5OS. The molecule has 2 N–H and O–H groups in total. The number of H-pyrrole nitrogens is 1. The van der Waals surface area contributed by atoms with Crippen LogP contribution >= 0.6 is 11.8 Å². The van der Waals surface area contributed by atoms with Crippen molar-refractivity contribution in [2.45, 2.75) is 74.4 Å². The summed E-state index contributed by atoms with van der Waals surface area (Å²) in [6.45, 7) is 6.27. The molecular weight excluding hydrogens is 487 g/mol. The van der Waals surface area contributed by atoms with Crippen molar-refractivity contribution in [2.24, 2.45) is 0 Å². The molecule has 2 unspecified atom stereocenters. The van der Waals surface area contributed by atoms with Crippen molar-refractivity contribution in [3.05, 3.63) is 70.7 Å². The first-order valence-corrected chi connectivity index (χ1v) is 12.8. The Morgan fingerprint density at radius 2 is 1.86 bits per heavy atom. The van der Waals surface area contributed by atoms with Gasteiger partial charge < -0.3 is 9.67 Å². The van der Waals surface area contributed by atoms with Crippen molar-refractivity contribution in [1.29, 1.82) is 0 Å². The van der Waals surface area contributed by atoms with E-state index < -0.39 is 11.1 Å². The summed E-state index contributed by atoms with van der Waals surface area (Å²) in [5.74, 6) is 1.12. The van der Waals surface area contributed by atoms with E-state index in [1.54, 1.807) is 26.0 Å². The molecule has 2 aromatic carbocycles. The van der Waals surface area contributed by atoms with Gasteiger partial charge in [-0.15, -0.1) is 10.2 Å². The van der Waals surface area contributed by atoms with Crippen LogP contribution in [0.15, 0.2) is 47.4 Å². The lowest BCUT2D eigenvalue weighted by atomic mass is 9.78. The summed E-state index contributed by atoms with van der Waals surface area (Å²) in [6.07, 6.45) is 2.61. The Morgan fingerprint density at radius 3 is 2.50 bits per heavy atom. The molecule has 0 radical (unpaired) electrons. The number of aliphatic hydroxyl groups is 1. The topological polar surface area (TPSA) is 79.6 Å². The van der Waals surface area contributed by atoms with Gasteiger partial charge in [-0.2, -0.15) is 18.4 Å². The first-order valence-electron chi connectivity index (χ1n) is 12.0. The average molecular weight is 516 g/mol. The van der Waals surface area contributed by atoms with E-state index in [4.69, 9.17) is 0 Å². The lowest BCUT2D eigenvalue weighted by molar-refractivity contribution is -0.0328. The second-order valence-electron chi connectivity index (χ2n) is 10.0. The smallest absolute Gasteiger partial charge is 0.386 e. The quantitative estimate of drug-likeness (QED) is 0.296. The number of fused-ring (bicyclic) bond motifs is 3. The maximum atomic E-state index is 12.8. The lowest BCUT2D eigenvalue weighted by Crippen LogP contribution is -2.20. The summed E-state index contributed by atoms with van der Waals surface area (Å²) in [5.41, 5.74) is -0.267. The zero-order chi connectivity index (χ0) is 25.7. The zero-order valence-corrected chi connectivity index (χ0v) is 21.1. The van der Waals surface area contributed by atoms with Gasteiger partial charge in [0.15, 0.2) is 5.82 Å². The number of nitrogens with one attached hydrogen (secondary N) is 1. The molecule has 6 nitrogen and oxygen atoms in total. The van der Waals surface area contributed by atoms with Crippen LogP contribution in [0.4, 0.5) is 13.2 Å². The number of aromatic nitrogens is 5. The maximum Gasteiger partial charge on any atom is 0.446 e. The van der Waals surface area contributed by atoms with Crippen LogP contribution in [-0.2, 0) is 18.6 Å². The second-order valence-corrected chi connectivity index (χ2v) is 11.2. The van der Waals surface area contributed by atoms with Crippen molar-refractivity contribution in [3.63, 3.8) is 0 Å². The second kappa shape index (κ2) is 9.23. The van der Waals surface area contributed by atoms with E-state index in [2.05, 4.69) is 38.2 Å². The van der Waals surface area contributed by atoms with Gasteiger partial charge >= 0.3 is 5.51 Å². The number of hydrogen-bond acceptors (Lipinski definition) is 5. The van der Waals surface area contributed by atoms with Crippen LogP contribution in [0.2, 0.25) is 0 Å². The van der Waals surface area contributed by atoms with Crippen molar-refractivity contribution >= 4 is 22.7 Å². The first kappa shape index (κ1) is 24.8. The minimum Gasteiger partial charge on any atom is -0.386 e. The number of aromatic amines is 1. The summed E-state index contributed by atoms with van der Waals surface area (Å²) in [7, 11) is 0. The molecule has 1 aliphatic carbocycles. The molecule has 0 fully saturated rings. The van der Waals surface area contributed by atoms with Gasteiger partial charge in [0.05, 0.1) is 11.1 Å². The van der Waals surface area contributed by atoms with Crippen LogP contribution in [0, 0.1) is 0 Å². The molecule has 5 rings (SSSR count). The monoisotopic (exact) mass is 515 g/mol. The molecule has 4 aromatic rings. The zero-order valence-electron chi connectivity index (χ0n) is 20.3. The van der Waals surface area contributed by atoms with Gasteiger partial charge in [0.25, 0.3) is 0 Å². The maximum absolute atomic E-state index is 12.8. The van der Waals surface area contributed by atoms with Crippen LogP contribution in [-0.4, -0.2) is 35.8 Å². The summed E-state index contributed by atoms with van der Waals surface area (Å²) < 4.78 is 40.7. The molecule has 2 atom stereocenters. The molecule has 0 bridgehead atoms. The normalized spacial score (nSPS) is 18.5. The van der Waals surface area contributed by atoms with E-state index in [1.807, 2.05) is 12.1 Å². The van der Waals surface area contributed by atoms with Crippen molar-refractivity contribution in [2.75, 3.05) is 0 Å². The summed E-state index contributed by atoms with van der Waals surface area (Å²) in [4.78, 5) is 0.159. The fraction of sp³-hybridized carbons (Fsp3) is 0.423. The molecule has 190 valence electrons. The standard InChI is InChI=1S/C26H28F3N5OS/c1-15-7-10-17(13-21-30-32-33-31-21)23-22(15)19-5-4-6-20(25(2,3)35)24(19)34(23)14-16-8-11-18(12-9-16)36-26(27,28)29/h4-6,8-9,11-12,15,17,35H,7,10,13-14H2,1-3H3,(H,30,31,32,33). The number of rotatable bonds is 6. The largest absolute Gasteiger partial charge is 0.446 e. The minimum atomic E-state index is -4.32. The van der Waals surface area contributed by atoms with Crippen molar-refractivity contribution < 1.29 is 18.3 Å². The third-order valence-electron chi connectivity index (χ3n) is 6.97. The summed E-state index contributed by atoms with van der Waals surface area (Å²) >= 11 is -0.111. The Balaban J connectivity index is 1.66. The third-order valence-corrected chi connectivity index (χ3v) is 7.70. The number of thioether (sulfide) groups is 1. The predicted octanol–water partition coefficient (Wildman–Crippen LogP) is 6.27. The minimum absolute atomic E-state index is 0.111. The SMILES string of the molecule is CC1CCC(Cc2nn[nH]n2)c2c1c1cccc(C(C)(C)O)c1n2Cc1ccc(SC(F)(F)F)cc1. The van der Waals surface area contributed by atoms with E-state index in [0.717, 1.165) is 34.9 Å². The molecule has 2 aromatic heterocycles. The van der Waals surface area contributed by atoms with Gasteiger partial charge in [-0.3, -0.25) is 0 Å². The number of halogens is 3. The van der Waals surface area contributed by atoms with Gasteiger partial charge in [-0.1, -0.05) is 42.5 Å². The van der Waals surface area contributed by atoms with E-state index in [0.29, 0.717) is 24.7 Å². The fourth-order valence-electron chi connectivity index (χ4n) is 5.47. The molecule has 0 saturated carbocycles. The first-order chi connectivity index (χ1) is 17.0.